The lowest BCUT2D eigenvalue weighted by Gasteiger charge is -2.18. The average molecular weight is 405 g/mol. The first kappa shape index (κ1) is 20.2. The highest BCUT2D eigenvalue weighted by atomic mass is 19.4. The van der Waals surface area contributed by atoms with E-state index in [0.717, 1.165) is 6.92 Å². The second-order valence-electron chi connectivity index (χ2n) is 6.21. The summed E-state index contributed by atoms with van der Waals surface area (Å²) in [6.45, 7) is 2.67. The molecule has 152 valence electrons. The molecule has 3 aromatic heterocycles. The number of hydrogen-bond acceptors (Lipinski definition) is 8. The lowest BCUT2D eigenvalue weighted by atomic mass is 10.0. The van der Waals surface area contributed by atoms with E-state index in [9.17, 15) is 13.2 Å². The Labute approximate surface area is 164 Å². The van der Waals surface area contributed by atoms with E-state index in [2.05, 4.69) is 30.2 Å². The number of rotatable bonds is 5. The van der Waals surface area contributed by atoms with E-state index in [1.165, 1.54) is 25.6 Å². The van der Waals surface area contributed by atoms with E-state index in [1.54, 1.807) is 19.1 Å². The Bertz CT molecular complexity index is 989. The maximum absolute atomic E-state index is 13.2. The van der Waals surface area contributed by atoms with Gasteiger partial charge in [0.15, 0.2) is 5.82 Å². The van der Waals surface area contributed by atoms with Gasteiger partial charge in [0.25, 0.3) is 0 Å². The zero-order valence-electron chi connectivity index (χ0n) is 15.8. The van der Waals surface area contributed by atoms with Crippen molar-refractivity contribution in [1.29, 1.82) is 0 Å². The second kappa shape index (κ2) is 7.86. The highest BCUT2D eigenvalue weighted by Gasteiger charge is 2.37. The topological polar surface area (TPSA) is 112 Å². The number of methoxy groups -OCH3 is 1. The first-order valence-electron chi connectivity index (χ1n) is 8.49. The number of ether oxygens (including phenoxy) is 1. The number of halogens is 3. The molecule has 0 bridgehead atoms. The summed E-state index contributed by atoms with van der Waals surface area (Å²) in [7, 11) is 1.49. The Morgan fingerprint density at radius 1 is 1.10 bits per heavy atom. The molecule has 0 aliphatic carbocycles. The van der Waals surface area contributed by atoms with Crippen LogP contribution in [0.3, 0.4) is 0 Å². The molecule has 0 aliphatic heterocycles. The molecule has 0 saturated carbocycles. The summed E-state index contributed by atoms with van der Waals surface area (Å²) in [4.78, 5) is 20.4. The molecule has 0 aromatic carbocycles. The van der Waals surface area contributed by atoms with Gasteiger partial charge in [-0.1, -0.05) is 0 Å². The van der Waals surface area contributed by atoms with Crippen molar-refractivity contribution in [2.24, 2.45) is 0 Å². The summed E-state index contributed by atoms with van der Waals surface area (Å²) in [6.07, 6.45) is -1.75. The lowest BCUT2D eigenvalue weighted by Crippen LogP contribution is -2.18. The molecule has 0 spiro atoms. The van der Waals surface area contributed by atoms with Crippen LogP contribution in [0.2, 0.25) is 0 Å². The Morgan fingerprint density at radius 2 is 1.86 bits per heavy atom. The van der Waals surface area contributed by atoms with Gasteiger partial charge in [-0.3, -0.25) is 0 Å². The largest absolute Gasteiger partial charge is 0.481 e. The lowest BCUT2D eigenvalue weighted by molar-refractivity contribution is -0.146. The van der Waals surface area contributed by atoms with Gasteiger partial charge in [0.05, 0.1) is 30.5 Å². The maximum Gasteiger partial charge on any atom is 0.395 e. The van der Waals surface area contributed by atoms with Gasteiger partial charge in [0.1, 0.15) is 11.6 Å². The summed E-state index contributed by atoms with van der Waals surface area (Å²) < 4.78 is 44.6. The number of pyridine rings is 2. The van der Waals surface area contributed by atoms with E-state index in [-0.39, 0.29) is 28.7 Å². The van der Waals surface area contributed by atoms with Crippen molar-refractivity contribution < 1.29 is 17.9 Å². The minimum atomic E-state index is -4.41. The number of nitrogens with one attached hydrogen (secondary N) is 1. The fraction of sp³-hybridized carbons (Fsp3) is 0.278. The molecule has 1 atom stereocenters. The molecular formula is C18H18F3N7O. The van der Waals surface area contributed by atoms with Crippen LogP contribution in [0.15, 0.2) is 30.6 Å². The van der Waals surface area contributed by atoms with Gasteiger partial charge in [-0.2, -0.15) is 23.1 Å². The normalized spacial score (nSPS) is 12.5. The summed E-state index contributed by atoms with van der Waals surface area (Å²) in [5.74, 6) is -0.648. The van der Waals surface area contributed by atoms with Crippen molar-refractivity contribution in [3.05, 3.63) is 42.0 Å². The monoisotopic (exact) mass is 405 g/mol. The number of anilines is 3. The second-order valence-corrected chi connectivity index (χ2v) is 6.21. The van der Waals surface area contributed by atoms with Crippen LogP contribution >= 0.6 is 0 Å². The van der Waals surface area contributed by atoms with E-state index in [0.29, 0.717) is 17.4 Å². The highest BCUT2D eigenvalue weighted by molar-refractivity contribution is 5.75. The van der Waals surface area contributed by atoms with E-state index in [4.69, 9.17) is 10.5 Å². The van der Waals surface area contributed by atoms with Crippen molar-refractivity contribution >= 4 is 17.5 Å². The minimum absolute atomic E-state index is 0.0254. The van der Waals surface area contributed by atoms with Crippen molar-refractivity contribution in [3.8, 4) is 17.3 Å². The molecule has 0 aliphatic rings. The third kappa shape index (κ3) is 4.68. The number of nitrogens with zero attached hydrogens (tertiary/aromatic N) is 5. The van der Waals surface area contributed by atoms with Gasteiger partial charge < -0.3 is 15.8 Å². The number of nitrogen functional groups attached to an aromatic ring is 1. The summed E-state index contributed by atoms with van der Waals surface area (Å²) in [5, 5.41) is 3.01. The third-order valence-corrected chi connectivity index (χ3v) is 4.11. The molecule has 3 aromatic rings. The molecule has 3 N–H and O–H groups in total. The minimum Gasteiger partial charge on any atom is -0.481 e. The Kier molecular flexibility index (Phi) is 5.48. The maximum atomic E-state index is 13.2. The van der Waals surface area contributed by atoms with Crippen LogP contribution in [0.5, 0.6) is 5.88 Å². The smallest absolute Gasteiger partial charge is 0.395 e. The van der Waals surface area contributed by atoms with E-state index >= 15 is 0 Å². The highest BCUT2D eigenvalue weighted by Crippen LogP contribution is 2.37. The summed E-state index contributed by atoms with van der Waals surface area (Å²) in [5.41, 5.74) is 6.47. The van der Waals surface area contributed by atoms with Crippen LogP contribution in [0.25, 0.3) is 11.4 Å². The van der Waals surface area contributed by atoms with Crippen LogP contribution in [0.1, 0.15) is 24.2 Å². The van der Waals surface area contributed by atoms with Crippen molar-refractivity contribution in [2.75, 3.05) is 18.2 Å². The molecular weight excluding hydrogens is 387 g/mol. The first-order valence-corrected chi connectivity index (χ1v) is 8.49. The predicted molar refractivity (Wildman–Crippen MR) is 101 cm³/mol. The average Bonchev–Trinajstić information content (AvgIpc) is 2.67. The van der Waals surface area contributed by atoms with E-state index < -0.39 is 12.1 Å². The van der Waals surface area contributed by atoms with Gasteiger partial charge in [-0.05, 0) is 31.5 Å². The SMILES string of the molecule is COc1ccc(Nc2ncc(C(C)C(F)(F)F)cc2-c2nc(C)nc(N)n2)cn1. The molecule has 8 nitrogen and oxygen atoms in total. The fourth-order valence-electron chi connectivity index (χ4n) is 2.51. The third-order valence-electron chi connectivity index (χ3n) is 4.11. The number of aryl methyl sites for hydroxylation is 1. The van der Waals surface area contributed by atoms with Crippen LogP contribution in [0, 0.1) is 6.92 Å². The molecule has 1 unspecified atom stereocenters. The van der Waals surface area contributed by atoms with Crippen molar-refractivity contribution in [1.82, 2.24) is 24.9 Å². The summed E-state index contributed by atoms with van der Waals surface area (Å²) >= 11 is 0. The molecule has 3 rings (SSSR count). The molecule has 0 amide bonds. The number of hydrogen-bond donors (Lipinski definition) is 2. The number of alkyl halides is 3. The standard InChI is InChI=1S/C18H18F3N7O/c1-9(18(19,20)21)11-6-13(16-25-10(2)26-17(22)28-16)15(24-7-11)27-12-4-5-14(29-3)23-8-12/h4-9H,1-3H3,(H,24,27)(H2,22,25,26,28). The van der Waals surface area contributed by atoms with Gasteiger partial charge in [0.2, 0.25) is 11.8 Å². The molecule has 0 fully saturated rings. The fourth-order valence-corrected chi connectivity index (χ4v) is 2.51. The molecule has 3 heterocycles. The molecule has 29 heavy (non-hydrogen) atoms. The zero-order chi connectivity index (χ0) is 21.2. The first-order chi connectivity index (χ1) is 13.7. The molecule has 11 heteroatoms. The van der Waals surface area contributed by atoms with Gasteiger partial charge in [-0.25, -0.2) is 15.0 Å². The van der Waals surface area contributed by atoms with Crippen LogP contribution in [0.4, 0.5) is 30.6 Å². The Morgan fingerprint density at radius 3 is 2.45 bits per heavy atom. The van der Waals surface area contributed by atoms with E-state index in [1.807, 2.05) is 0 Å². The van der Waals surface area contributed by atoms with Gasteiger partial charge in [0, 0.05) is 12.3 Å². The summed E-state index contributed by atoms with van der Waals surface area (Å²) in [6, 6.07) is 4.67. The van der Waals surface area contributed by atoms with Crippen LogP contribution in [-0.2, 0) is 0 Å². The van der Waals surface area contributed by atoms with Crippen molar-refractivity contribution in [3.63, 3.8) is 0 Å². The Balaban J connectivity index is 2.08. The van der Waals surface area contributed by atoms with Crippen molar-refractivity contribution in [2.45, 2.75) is 25.9 Å². The number of nitrogens with two attached hydrogens (primary N) is 1. The van der Waals surface area contributed by atoms with Crippen LogP contribution < -0.4 is 15.8 Å². The molecule has 0 radical (unpaired) electrons. The molecule has 0 saturated heterocycles. The number of aromatic nitrogens is 5. The quantitative estimate of drug-likeness (QED) is 0.662. The predicted octanol–water partition coefficient (Wildman–Crippen LogP) is 3.64. The van der Waals surface area contributed by atoms with Crippen LogP contribution in [-0.4, -0.2) is 38.2 Å². The zero-order valence-corrected chi connectivity index (χ0v) is 15.8. The van der Waals surface area contributed by atoms with Gasteiger partial charge in [-0.15, -0.1) is 0 Å². The Hall–Kier alpha value is -3.50. The van der Waals surface area contributed by atoms with Gasteiger partial charge >= 0.3 is 6.18 Å².